The van der Waals surface area contributed by atoms with Crippen LogP contribution in [0.3, 0.4) is 0 Å². The van der Waals surface area contributed by atoms with Gasteiger partial charge in [-0.15, -0.1) is 0 Å². The summed E-state index contributed by atoms with van der Waals surface area (Å²) in [6, 6.07) is 14.3. The third-order valence-corrected chi connectivity index (χ3v) is 7.94. The van der Waals surface area contributed by atoms with Crippen molar-refractivity contribution in [1.29, 1.82) is 0 Å². The highest BCUT2D eigenvalue weighted by molar-refractivity contribution is 7.89. The Morgan fingerprint density at radius 3 is 2.44 bits per heavy atom. The molecule has 0 bridgehead atoms. The van der Waals surface area contributed by atoms with Crippen LogP contribution in [0.1, 0.15) is 24.2 Å². The van der Waals surface area contributed by atoms with Gasteiger partial charge in [0.05, 0.1) is 12.0 Å². The molecule has 1 saturated heterocycles. The molecule has 1 fully saturated rings. The zero-order valence-electron chi connectivity index (χ0n) is 19.3. The Labute approximate surface area is 199 Å². The Hall–Kier alpha value is -3.24. The first-order valence-electron chi connectivity index (χ1n) is 11.3. The number of hydrogen-bond donors (Lipinski definition) is 2. The summed E-state index contributed by atoms with van der Waals surface area (Å²) < 4.78 is 32.3. The van der Waals surface area contributed by atoms with E-state index in [1.165, 1.54) is 4.31 Å². The van der Waals surface area contributed by atoms with E-state index in [0.717, 1.165) is 16.9 Å². The molecule has 0 atom stereocenters. The van der Waals surface area contributed by atoms with Crippen molar-refractivity contribution >= 4 is 15.9 Å². The molecule has 10 heteroatoms. The quantitative estimate of drug-likeness (QED) is 0.509. The van der Waals surface area contributed by atoms with Crippen molar-refractivity contribution in [3.05, 3.63) is 59.9 Å². The van der Waals surface area contributed by atoms with Gasteiger partial charge in [-0.25, -0.2) is 13.4 Å². The van der Waals surface area contributed by atoms with E-state index in [1.807, 2.05) is 31.2 Å². The van der Waals surface area contributed by atoms with Crippen molar-refractivity contribution < 1.29 is 17.9 Å². The number of amides is 1. The van der Waals surface area contributed by atoms with Crippen molar-refractivity contribution in [2.75, 3.05) is 26.7 Å². The largest absolute Gasteiger partial charge is 0.497 e. The van der Waals surface area contributed by atoms with Crippen molar-refractivity contribution in [3.63, 3.8) is 0 Å². The molecule has 0 unspecified atom stereocenters. The van der Waals surface area contributed by atoms with Gasteiger partial charge in [-0.3, -0.25) is 9.89 Å². The minimum absolute atomic E-state index is 0.0534. The highest BCUT2D eigenvalue weighted by Crippen LogP contribution is 2.24. The average Bonchev–Trinajstić information content (AvgIpc) is 3.33. The molecule has 9 nitrogen and oxygen atoms in total. The predicted molar refractivity (Wildman–Crippen MR) is 128 cm³/mol. The van der Waals surface area contributed by atoms with Gasteiger partial charge in [-0.05, 0) is 56.2 Å². The molecule has 2 N–H and O–H groups in total. The number of hydrogen-bond acceptors (Lipinski definition) is 6. The summed E-state index contributed by atoms with van der Waals surface area (Å²) in [7, 11) is -1.91. The van der Waals surface area contributed by atoms with Crippen LogP contribution in [-0.2, 0) is 21.2 Å². The number of carbonyl (C=O) groups is 1. The van der Waals surface area contributed by atoms with Gasteiger partial charge in [0.15, 0.2) is 5.82 Å². The minimum Gasteiger partial charge on any atom is -0.497 e. The molecule has 2 heterocycles. The maximum absolute atomic E-state index is 12.8. The predicted octanol–water partition coefficient (Wildman–Crippen LogP) is 2.55. The number of benzene rings is 2. The number of nitrogens with zero attached hydrogens (tertiary/aromatic N) is 3. The molecule has 1 aliphatic heterocycles. The Balaban J connectivity index is 1.24. The second kappa shape index (κ2) is 10.4. The smallest absolute Gasteiger partial charge is 0.243 e. The van der Waals surface area contributed by atoms with E-state index >= 15 is 0 Å². The zero-order valence-corrected chi connectivity index (χ0v) is 20.1. The highest BCUT2D eigenvalue weighted by Gasteiger charge is 2.31. The van der Waals surface area contributed by atoms with Crippen LogP contribution in [0.5, 0.6) is 5.75 Å². The van der Waals surface area contributed by atoms with E-state index in [4.69, 9.17) is 4.74 Å². The van der Waals surface area contributed by atoms with Gasteiger partial charge in [0.25, 0.3) is 0 Å². The number of aromatic nitrogens is 3. The first-order valence-corrected chi connectivity index (χ1v) is 12.7. The summed E-state index contributed by atoms with van der Waals surface area (Å²) in [4.78, 5) is 17.4. The number of H-pyrrole nitrogens is 1. The summed E-state index contributed by atoms with van der Waals surface area (Å²) in [6.45, 7) is 3.02. The van der Waals surface area contributed by atoms with Crippen molar-refractivity contribution in [1.82, 2.24) is 24.8 Å². The van der Waals surface area contributed by atoms with E-state index < -0.39 is 10.0 Å². The molecular formula is C24H29N5O4S. The fourth-order valence-corrected chi connectivity index (χ4v) is 5.41. The molecule has 1 amide bonds. The molecule has 3 aromatic rings. The molecular weight excluding hydrogens is 454 g/mol. The number of aromatic amines is 1. The highest BCUT2D eigenvalue weighted by atomic mass is 32.2. The fraction of sp³-hybridized carbons (Fsp3) is 0.375. The molecule has 0 aliphatic carbocycles. The normalized spacial score (nSPS) is 15.2. The summed E-state index contributed by atoms with van der Waals surface area (Å²) in [5.74, 6) is 1.79. The average molecular weight is 484 g/mol. The van der Waals surface area contributed by atoms with Crippen LogP contribution >= 0.6 is 0 Å². The Morgan fingerprint density at radius 2 is 1.79 bits per heavy atom. The van der Waals surface area contributed by atoms with Gasteiger partial charge in [0, 0.05) is 37.5 Å². The fourth-order valence-electron chi connectivity index (χ4n) is 3.94. The van der Waals surface area contributed by atoms with Crippen LogP contribution in [0.2, 0.25) is 0 Å². The van der Waals surface area contributed by atoms with Gasteiger partial charge in [-0.2, -0.15) is 9.40 Å². The van der Waals surface area contributed by atoms with Crippen LogP contribution < -0.4 is 10.1 Å². The van der Waals surface area contributed by atoms with Gasteiger partial charge in [0.2, 0.25) is 15.9 Å². The molecule has 0 spiro atoms. The Morgan fingerprint density at radius 1 is 1.12 bits per heavy atom. The third-order valence-electron chi connectivity index (χ3n) is 6.02. The zero-order chi connectivity index (χ0) is 24.1. The molecule has 4 rings (SSSR count). The number of nitrogens with one attached hydrogen (secondary N) is 2. The molecule has 0 radical (unpaired) electrons. The van der Waals surface area contributed by atoms with Crippen LogP contribution in [0.25, 0.3) is 11.4 Å². The topological polar surface area (TPSA) is 117 Å². The van der Waals surface area contributed by atoms with Crippen molar-refractivity contribution in [2.24, 2.45) is 5.92 Å². The van der Waals surface area contributed by atoms with Crippen LogP contribution in [0.4, 0.5) is 0 Å². The van der Waals surface area contributed by atoms with Crippen molar-refractivity contribution in [3.8, 4) is 17.1 Å². The minimum atomic E-state index is -3.53. The maximum atomic E-state index is 12.8. The van der Waals surface area contributed by atoms with Crippen LogP contribution in [0, 0.1) is 12.8 Å². The van der Waals surface area contributed by atoms with Crippen molar-refractivity contribution in [2.45, 2.75) is 31.1 Å². The van der Waals surface area contributed by atoms with E-state index in [1.54, 1.807) is 31.4 Å². The van der Waals surface area contributed by atoms with Crippen LogP contribution in [-0.4, -0.2) is 60.6 Å². The molecule has 1 aromatic heterocycles. The number of ether oxygens (including phenoxy) is 1. The van der Waals surface area contributed by atoms with E-state index in [2.05, 4.69) is 20.5 Å². The lowest BCUT2D eigenvalue weighted by atomic mass is 9.97. The number of carbonyl (C=O) groups excluding carboxylic acids is 1. The lowest BCUT2D eigenvalue weighted by molar-refractivity contribution is -0.126. The Kier molecular flexibility index (Phi) is 7.28. The molecule has 0 saturated carbocycles. The first-order chi connectivity index (χ1) is 16.4. The lowest BCUT2D eigenvalue weighted by Gasteiger charge is -2.30. The third kappa shape index (κ3) is 5.45. The van der Waals surface area contributed by atoms with Crippen LogP contribution in [0.15, 0.2) is 53.4 Å². The second-order valence-corrected chi connectivity index (χ2v) is 10.3. The molecule has 1 aliphatic rings. The standard InChI is InChI=1S/C24H29N5O4S/c1-17-3-9-21(10-4-17)34(31,32)29-15-12-19(13-16-29)24(30)25-14-11-22-26-23(28-27-22)18-5-7-20(33-2)8-6-18/h3-10,19H,11-16H2,1-2H3,(H,25,30)(H,26,27,28). The molecule has 180 valence electrons. The molecule has 2 aromatic carbocycles. The molecule has 34 heavy (non-hydrogen) atoms. The number of aryl methyl sites for hydroxylation is 1. The summed E-state index contributed by atoms with van der Waals surface area (Å²) >= 11 is 0. The first kappa shape index (κ1) is 23.9. The monoisotopic (exact) mass is 483 g/mol. The summed E-state index contributed by atoms with van der Waals surface area (Å²) in [6.07, 6.45) is 1.53. The Bertz CT molecular complexity index is 1220. The number of sulfonamides is 1. The van der Waals surface area contributed by atoms with E-state index in [9.17, 15) is 13.2 Å². The second-order valence-electron chi connectivity index (χ2n) is 8.37. The maximum Gasteiger partial charge on any atom is 0.243 e. The number of rotatable bonds is 8. The summed E-state index contributed by atoms with van der Waals surface area (Å²) in [5.41, 5.74) is 1.89. The van der Waals surface area contributed by atoms with Gasteiger partial charge in [-0.1, -0.05) is 17.7 Å². The van der Waals surface area contributed by atoms with E-state index in [-0.39, 0.29) is 11.8 Å². The lowest BCUT2D eigenvalue weighted by Crippen LogP contribution is -2.43. The summed E-state index contributed by atoms with van der Waals surface area (Å²) in [5, 5.41) is 10.1. The van der Waals surface area contributed by atoms with Gasteiger partial charge < -0.3 is 10.1 Å². The van der Waals surface area contributed by atoms with Gasteiger partial charge in [0.1, 0.15) is 11.6 Å². The SMILES string of the molecule is COc1ccc(-c2n[nH]c(CCNC(=O)C3CCN(S(=O)(=O)c4ccc(C)cc4)CC3)n2)cc1. The number of piperidine rings is 1. The van der Waals surface area contributed by atoms with Gasteiger partial charge >= 0.3 is 0 Å². The number of methoxy groups -OCH3 is 1. The van der Waals surface area contributed by atoms with E-state index in [0.29, 0.717) is 55.4 Å².